The first-order chi connectivity index (χ1) is 8.09. The normalized spacial score (nSPS) is 12.4. The molecule has 0 spiro atoms. The molecule has 0 aliphatic carbocycles. The van der Waals surface area contributed by atoms with Gasteiger partial charge in [0.25, 0.3) is 0 Å². The number of aryl methyl sites for hydroxylation is 1. The molecule has 102 valence electrons. The summed E-state index contributed by atoms with van der Waals surface area (Å²) in [6.07, 6.45) is 1.12. The average molecular weight is 293 g/mol. The van der Waals surface area contributed by atoms with E-state index in [2.05, 4.69) is 0 Å². The SMILES string of the molecule is Cc1cc(S(N)(=O)=O)ccc1OCCS(C)(=O)=O. The van der Waals surface area contributed by atoms with Crippen LogP contribution in [0.2, 0.25) is 0 Å². The number of benzene rings is 1. The first-order valence-electron chi connectivity index (χ1n) is 5.03. The van der Waals surface area contributed by atoms with Gasteiger partial charge in [-0.2, -0.15) is 0 Å². The molecule has 0 bridgehead atoms. The number of hydrogen-bond donors (Lipinski definition) is 1. The lowest BCUT2D eigenvalue weighted by Gasteiger charge is -2.09. The predicted molar refractivity (Wildman–Crippen MR) is 67.8 cm³/mol. The zero-order valence-electron chi connectivity index (χ0n) is 10.1. The molecule has 1 rings (SSSR count). The van der Waals surface area contributed by atoms with Crippen LogP contribution in [-0.4, -0.2) is 35.5 Å². The Kier molecular flexibility index (Phi) is 4.36. The van der Waals surface area contributed by atoms with Crippen molar-refractivity contribution >= 4 is 19.9 Å². The number of sulfonamides is 1. The van der Waals surface area contributed by atoms with E-state index in [1.807, 2.05) is 0 Å². The van der Waals surface area contributed by atoms with E-state index in [1.165, 1.54) is 18.2 Å². The van der Waals surface area contributed by atoms with Gasteiger partial charge in [-0.05, 0) is 30.7 Å². The molecule has 6 nitrogen and oxygen atoms in total. The number of primary sulfonamides is 1. The molecule has 0 fully saturated rings. The van der Waals surface area contributed by atoms with Gasteiger partial charge < -0.3 is 4.74 Å². The van der Waals surface area contributed by atoms with E-state index in [4.69, 9.17) is 9.88 Å². The van der Waals surface area contributed by atoms with E-state index < -0.39 is 19.9 Å². The third-order valence-corrected chi connectivity index (χ3v) is 4.01. The molecule has 0 heterocycles. The summed E-state index contributed by atoms with van der Waals surface area (Å²) in [5.41, 5.74) is 0.579. The molecule has 2 N–H and O–H groups in total. The smallest absolute Gasteiger partial charge is 0.238 e. The zero-order valence-corrected chi connectivity index (χ0v) is 11.7. The van der Waals surface area contributed by atoms with Crippen molar-refractivity contribution in [1.82, 2.24) is 0 Å². The molecule has 0 amide bonds. The first kappa shape index (κ1) is 14.9. The fourth-order valence-electron chi connectivity index (χ4n) is 1.26. The van der Waals surface area contributed by atoms with Crippen LogP contribution in [0.1, 0.15) is 5.56 Å². The van der Waals surface area contributed by atoms with Gasteiger partial charge in [-0.25, -0.2) is 22.0 Å². The minimum atomic E-state index is -3.74. The maximum atomic E-state index is 11.1. The van der Waals surface area contributed by atoms with E-state index >= 15 is 0 Å². The second kappa shape index (κ2) is 5.25. The van der Waals surface area contributed by atoms with E-state index in [-0.39, 0.29) is 17.3 Å². The van der Waals surface area contributed by atoms with Crippen LogP contribution in [-0.2, 0) is 19.9 Å². The van der Waals surface area contributed by atoms with Crippen LogP contribution in [0, 0.1) is 6.92 Å². The Hall–Kier alpha value is -1.12. The molecule has 0 aliphatic heterocycles. The third-order valence-electron chi connectivity index (χ3n) is 2.19. The van der Waals surface area contributed by atoms with Crippen molar-refractivity contribution in [1.29, 1.82) is 0 Å². The molecule has 18 heavy (non-hydrogen) atoms. The summed E-state index contributed by atoms with van der Waals surface area (Å²) in [6.45, 7) is 1.68. The summed E-state index contributed by atoms with van der Waals surface area (Å²) >= 11 is 0. The predicted octanol–water partition coefficient (Wildman–Crippen LogP) is 0.0658. The molecule has 0 aromatic heterocycles. The molecule has 8 heteroatoms. The highest BCUT2D eigenvalue weighted by Gasteiger charge is 2.10. The quantitative estimate of drug-likeness (QED) is 0.827. The van der Waals surface area contributed by atoms with Crippen LogP contribution >= 0.6 is 0 Å². The van der Waals surface area contributed by atoms with Gasteiger partial charge in [-0.15, -0.1) is 0 Å². The van der Waals surface area contributed by atoms with Crippen LogP contribution in [0.5, 0.6) is 5.75 Å². The summed E-state index contributed by atoms with van der Waals surface area (Å²) in [5, 5.41) is 4.99. The minimum absolute atomic E-state index is 0.00420. The fourth-order valence-corrected chi connectivity index (χ4v) is 2.25. The summed E-state index contributed by atoms with van der Waals surface area (Å²) < 4.78 is 49.3. The summed E-state index contributed by atoms with van der Waals surface area (Å²) in [6, 6.07) is 4.15. The van der Waals surface area contributed by atoms with E-state index in [0.717, 1.165) is 6.26 Å². The molecule has 0 aliphatic rings. The minimum Gasteiger partial charge on any atom is -0.492 e. The summed E-state index contributed by atoms with van der Waals surface area (Å²) in [5.74, 6) is 0.342. The lowest BCUT2D eigenvalue weighted by Crippen LogP contribution is -2.14. The molecule has 0 saturated heterocycles. The van der Waals surface area contributed by atoms with Gasteiger partial charge in [0.05, 0.1) is 10.6 Å². The third kappa shape index (κ3) is 4.63. The topological polar surface area (TPSA) is 104 Å². The van der Waals surface area contributed by atoms with Crippen molar-refractivity contribution in [2.24, 2.45) is 5.14 Å². The monoisotopic (exact) mass is 293 g/mol. The van der Waals surface area contributed by atoms with Crippen molar-refractivity contribution in [2.45, 2.75) is 11.8 Å². The van der Waals surface area contributed by atoms with Gasteiger partial charge in [0.15, 0.2) is 9.84 Å². The van der Waals surface area contributed by atoms with Crippen molar-refractivity contribution in [3.05, 3.63) is 23.8 Å². The average Bonchev–Trinajstić information content (AvgIpc) is 2.17. The van der Waals surface area contributed by atoms with E-state index in [0.29, 0.717) is 11.3 Å². The van der Waals surface area contributed by atoms with E-state index in [1.54, 1.807) is 6.92 Å². The highest BCUT2D eigenvalue weighted by molar-refractivity contribution is 7.90. The standard InChI is InChI=1S/C10H15NO5S2/c1-8-7-9(18(11,14)15)3-4-10(8)16-5-6-17(2,12)13/h3-4,7H,5-6H2,1-2H3,(H2,11,14,15). The second-order valence-electron chi connectivity index (χ2n) is 3.95. The lowest BCUT2D eigenvalue weighted by atomic mass is 10.2. The first-order valence-corrected chi connectivity index (χ1v) is 8.64. The number of rotatable bonds is 5. The van der Waals surface area contributed by atoms with Gasteiger partial charge in [-0.1, -0.05) is 0 Å². The van der Waals surface area contributed by atoms with Crippen molar-refractivity contribution in [3.63, 3.8) is 0 Å². The number of nitrogens with two attached hydrogens (primary N) is 1. The Morgan fingerprint density at radius 2 is 1.83 bits per heavy atom. The fraction of sp³-hybridized carbons (Fsp3) is 0.400. The van der Waals surface area contributed by atoms with Crippen LogP contribution in [0.25, 0.3) is 0 Å². The Balaban J connectivity index is 2.81. The highest BCUT2D eigenvalue weighted by Crippen LogP contribution is 2.21. The van der Waals surface area contributed by atoms with Crippen LogP contribution < -0.4 is 9.88 Å². The molecular formula is C10H15NO5S2. The van der Waals surface area contributed by atoms with Crippen LogP contribution in [0.4, 0.5) is 0 Å². The maximum Gasteiger partial charge on any atom is 0.238 e. The van der Waals surface area contributed by atoms with Gasteiger partial charge in [0.1, 0.15) is 12.4 Å². The molecule has 1 aromatic rings. The summed E-state index contributed by atoms with van der Waals surface area (Å²) in [4.78, 5) is -0.00420. The molecule has 0 saturated carbocycles. The lowest BCUT2D eigenvalue weighted by molar-refractivity contribution is 0.338. The van der Waals surface area contributed by atoms with Crippen molar-refractivity contribution < 1.29 is 21.6 Å². The number of ether oxygens (including phenoxy) is 1. The molecule has 0 atom stereocenters. The Morgan fingerprint density at radius 3 is 2.28 bits per heavy atom. The Morgan fingerprint density at radius 1 is 1.22 bits per heavy atom. The maximum absolute atomic E-state index is 11.1. The van der Waals surface area contributed by atoms with E-state index in [9.17, 15) is 16.8 Å². The Labute approximate surface area is 107 Å². The Bertz CT molecular complexity index is 634. The van der Waals surface area contributed by atoms with Gasteiger partial charge in [0, 0.05) is 6.26 Å². The van der Waals surface area contributed by atoms with Crippen molar-refractivity contribution in [2.75, 3.05) is 18.6 Å². The van der Waals surface area contributed by atoms with Gasteiger partial charge >= 0.3 is 0 Å². The number of hydrogen-bond acceptors (Lipinski definition) is 5. The summed E-state index contributed by atoms with van der Waals surface area (Å²) in [7, 11) is -6.82. The highest BCUT2D eigenvalue weighted by atomic mass is 32.2. The molecule has 0 radical (unpaired) electrons. The number of sulfone groups is 1. The van der Waals surface area contributed by atoms with Crippen LogP contribution in [0.15, 0.2) is 23.1 Å². The molecule has 0 unspecified atom stereocenters. The molecule has 1 aromatic carbocycles. The van der Waals surface area contributed by atoms with Crippen LogP contribution in [0.3, 0.4) is 0 Å². The van der Waals surface area contributed by atoms with Gasteiger partial charge in [0.2, 0.25) is 10.0 Å². The zero-order chi connectivity index (χ0) is 14.0. The molecular weight excluding hydrogens is 278 g/mol. The van der Waals surface area contributed by atoms with Crippen molar-refractivity contribution in [3.8, 4) is 5.75 Å². The van der Waals surface area contributed by atoms with Gasteiger partial charge in [-0.3, -0.25) is 0 Å². The largest absolute Gasteiger partial charge is 0.492 e. The second-order valence-corrected chi connectivity index (χ2v) is 7.77.